The van der Waals surface area contributed by atoms with Crippen LogP contribution in [0.1, 0.15) is 42.5 Å². The molecule has 5 rings (SSSR count). The number of nitrogens with zero attached hydrogens (tertiary/aromatic N) is 2. The third kappa shape index (κ3) is 13.4. The van der Waals surface area contributed by atoms with E-state index in [9.17, 15) is 24.6 Å². The number of pyridine rings is 2. The maximum absolute atomic E-state index is 10.2. The van der Waals surface area contributed by atoms with Crippen molar-refractivity contribution in [2.45, 2.75) is 13.8 Å². The fourth-order valence-corrected chi connectivity index (χ4v) is 3.10. The molecule has 3 aromatic carbocycles. The van der Waals surface area contributed by atoms with Gasteiger partial charge in [0.25, 0.3) is 0 Å². The minimum atomic E-state index is -1.13. The molecule has 1 N–H and O–H groups in total. The van der Waals surface area contributed by atoms with Crippen molar-refractivity contribution in [2.75, 3.05) is 0 Å². The van der Waals surface area contributed by atoms with E-state index in [4.69, 9.17) is 5.11 Å². The van der Waals surface area contributed by atoms with E-state index in [1.807, 2.05) is 50.2 Å². The Morgan fingerprint density at radius 2 is 0.810 bits per heavy atom. The molecule has 8 nitrogen and oxygen atoms in total. The molecule has 0 bridgehead atoms. The predicted octanol–water partition coefficient (Wildman–Crippen LogP) is 4.24. The molecule has 2 aromatic heterocycles. The molecule has 0 saturated carbocycles. The number of carboxylic acids is 3. The summed E-state index contributed by atoms with van der Waals surface area (Å²) < 4.78 is 0. The molecular weight excluding hydrogens is 586 g/mol. The maximum atomic E-state index is 10.2. The summed E-state index contributed by atoms with van der Waals surface area (Å²) in [5.41, 5.74) is 4.69. The Morgan fingerprint density at radius 3 is 1.02 bits per heavy atom. The van der Waals surface area contributed by atoms with Crippen LogP contribution in [0.4, 0.5) is 0 Å². The minimum Gasteiger partial charge on any atom is -0.545 e. The van der Waals surface area contributed by atoms with E-state index in [2.05, 4.69) is 9.97 Å². The fourth-order valence-electron chi connectivity index (χ4n) is 3.10. The van der Waals surface area contributed by atoms with Crippen molar-refractivity contribution in [2.24, 2.45) is 0 Å². The van der Waals surface area contributed by atoms with Gasteiger partial charge in [-0.25, -0.2) is 4.79 Å². The second-order valence-electron chi connectivity index (χ2n) is 8.31. The number of carbonyl (C=O) groups excluding carboxylic acids is 2. The predicted molar refractivity (Wildman–Crippen MR) is 152 cm³/mol. The van der Waals surface area contributed by atoms with Gasteiger partial charge in [-0.2, -0.15) is 0 Å². The molecule has 0 radical (unpaired) electrons. The summed E-state index contributed by atoms with van der Waals surface area (Å²) in [4.78, 5) is 39.2. The smallest absolute Gasteiger partial charge is 0.545 e. The van der Waals surface area contributed by atoms with Crippen molar-refractivity contribution in [1.82, 2.24) is 9.97 Å². The van der Waals surface area contributed by atoms with Gasteiger partial charge in [-0.1, -0.05) is 91.0 Å². The number of hydrogen-bond donors (Lipinski definition) is 1. The zero-order valence-corrected chi connectivity index (χ0v) is 26.2. The Bertz CT molecular complexity index is 1370. The van der Waals surface area contributed by atoms with Crippen LogP contribution in [0.15, 0.2) is 127 Å². The van der Waals surface area contributed by atoms with E-state index in [-0.39, 0.29) is 30.6 Å². The van der Waals surface area contributed by atoms with E-state index < -0.39 is 17.9 Å². The van der Waals surface area contributed by atoms with Crippen LogP contribution < -0.4 is 10.2 Å². The Morgan fingerprint density at radius 1 is 0.500 bits per heavy atom. The molecule has 42 heavy (non-hydrogen) atoms. The molecule has 0 aliphatic rings. The quantitative estimate of drug-likeness (QED) is 0.297. The molecule has 5 aromatic rings. The monoisotopic (exact) mass is 612 g/mol. The largest absolute Gasteiger partial charge is 2.00 e. The van der Waals surface area contributed by atoms with Gasteiger partial charge in [-0.15, -0.1) is 0 Å². The average molecular weight is 614 g/mol. The first-order chi connectivity index (χ1) is 19.7. The Kier molecular flexibility index (Phi) is 16.0. The first kappa shape index (κ1) is 35.0. The minimum absolute atomic E-state index is 0. The van der Waals surface area contributed by atoms with Crippen molar-refractivity contribution in [3.8, 4) is 11.4 Å². The average Bonchev–Trinajstić information content (AvgIpc) is 2.99. The van der Waals surface area contributed by atoms with E-state index >= 15 is 0 Å². The zero-order valence-electron chi connectivity index (χ0n) is 23.2. The Balaban J connectivity index is 0.000000284. The van der Waals surface area contributed by atoms with Gasteiger partial charge in [-0.05, 0) is 61.4 Å². The van der Waals surface area contributed by atoms with E-state index in [1.165, 1.54) is 24.3 Å². The first-order valence-electron chi connectivity index (χ1n) is 12.4. The molecule has 0 fully saturated rings. The van der Waals surface area contributed by atoms with Crippen molar-refractivity contribution in [3.63, 3.8) is 0 Å². The second-order valence-corrected chi connectivity index (χ2v) is 8.31. The number of aromatic nitrogens is 2. The van der Waals surface area contributed by atoms with Crippen LogP contribution >= 0.6 is 0 Å². The topological polar surface area (TPSA) is 143 Å². The van der Waals surface area contributed by atoms with E-state index in [1.54, 1.807) is 66.7 Å². The molecule has 9 heteroatoms. The normalized spacial score (nSPS) is 9.10. The summed E-state index contributed by atoms with van der Waals surface area (Å²) in [6, 6.07) is 36.4. The third-order valence-electron chi connectivity index (χ3n) is 5.08. The summed E-state index contributed by atoms with van der Waals surface area (Å²) in [5, 5.41) is 28.6. The van der Waals surface area contributed by atoms with Crippen molar-refractivity contribution < 1.29 is 49.2 Å². The van der Waals surface area contributed by atoms with Crippen LogP contribution in [-0.4, -0.2) is 33.0 Å². The van der Waals surface area contributed by atoms with Gasteiger partial charge in [0, 0.05) is 11.4 Å². The molecule has 208 valence electrons. The van der Waals surface area contributed by atoms with Gasteiger partial charge < -0.3 is 24.9 Å². The number of rotatable bonds is 4. The van der Waals surface area contributed by atoms with Gasteiger partial charge >= 0.3 is 25.4 Å². The summed E-state index contributed by atoms with van der Waals surface area (Å²) in [6.07, 6.45) is 0. The summed E-state index contributed by atoms with van der Waals surface area (Å²) in [7, 11) is 0. The molecular formula is C33H28N2O6Zn. The van der Waals surface area contributed by atoms with Crippen LogP contribution in [0.2, 0.25) is 0 Å². The standard InChI is InChI=1S/C12H12N2.3C7H6O2.Zn/c1-9-5-3-7-11(13-9)12-8-4-6-10(2)14-12;3*8-7(9)6-4-2-1-3-5-6;/h3-8H,1-2H3;3*1-5H,(H,8,9);/q;;;;+2/p-2. The number of carboxylic acid groups (broad SMARTS) is 3. The summed E-state index contributed by atoms with van der Waals surface area (Å²) >= 11 is 0. The van der Waals surface area contributed by atoms with Gasteiger partial charge in [0.1, 0.15) is 0 Å². The maximum Gasteiger partial charge on any atom is 2.00 e. The number of carbonyl (C=O) groups is 3. The van der Waals surface area contributed by atoms with E-state index in [0.29, 0.717) is 5.56 Å². The molecule has 0 atom stereocenters. The number of aromatic carboxylic acids is 3. The molecule has 0 aliphatic carbocycles. The Labute approximate surface area is 257 Å². The number of benzene rings is 3. The summed E-state index contributed by atoms with van der Waals surface area (Å²) in [6.45, 7) is 3.97. The Hall–Kier alpha value is -5.01. The molecule has 0 spiro atoms. The molecule has 0 unspecified atom stereocenters. The van der Waals surface area contributed by atoms with E-state index in [0.717, 1.165) is 22.8 Å². The second kappa shape index (κ2) is 19.1. The third-order valence-corrected chi connectivity index (χ3v) is 5.08. The molecule has 0 aliphatic heterocycles. The van der Waals surface area contributed by atoms with Gasteiger partial charge in [0.05, 0.1) is 28.9 Å². The van der Waals surface area contributed by atoms with Crippen LogP contribution in [0.5, 0.6) is 0 Å². The van der Waals surface area contributed by atoms with Crippen molar-refractivity contribution in [3.05, 3.63) is 155 Å². The van der Waals surface area contributed by atoms with Crippen LogP contribution in [-0.2, 0) is 19.5 Å². The van der Waals surface area contributed by atoms with Crippen molar-refractivity contribution in [1.29, 1.82) is 0 Å². The fraction of sp³-hybridized carbons (Fsp3) is 0.0606. The SMILES string of the molecule is Cc1cccc(-c2cccc(C)n2)n1.O=C(O)c1ccccc1.O=C([O-])c1ccccc1.O=C([O-])c1ccccc1.[Zn+2]. The van der Waals surface area contributed by atoms with Crippen molar-refractivity contribution >= 4 is 17.9 Å². The molecule has 0 saturated heterocycles. The van der Waals surface area contributed by atoms with Gasteiger partial charge in [-0.3, -0.25) is 9.97 Å². The number of hydrogen-bond acceptors (Lipinski definition) is 7. The summed E-state index contributed by atoms with van der Waals surface area (Å²) in [5.74, 6) is -3.14. The zero-order chi connectivity index (χ0) is 30.0. The molecule has 0 amide bonds. The van der Waals surface area contributed by atoms with Gasteiger partial charge in [0.2, 0.25) is 0 Å². The van der Waals surface area contributed by atoms with Crippen LogP contribution in [0.3, 0.4) is 0 Å². The first-order valence-corrected chi connectivity index (χ1v) is 12.4. The number of aryl methyl sites for hydroxylation is 2. The van der Waals surface area contributed by atoms with Crippen LogP contribution in [0, 0.1) is 13.8 Å². The van der Waals surface area contributed by atoms with Gasteiger partial charge in [0.15, 0.2) is 0 Å². The molecule has 2 heterocycles. The van der Waals surface area contributed by atoms with Crippen LogP contribution in [0.25, 0.3) is 11.4 Å².